The molecule has 0 aromatic heterocycles. The monoisotopic (exact) mass is 274 g/mol. The summed E-state index contributed by atoms with van der Waals surface area (Å²) in [6.45, 7) is 0.429. The van der Waals surface area contributed by atoms with Crippen LogP contribution in [0.5, 0.6) is 0 Å². The first-order valence-electron chi connectivity index (χ1n) is 6.03. The summed E-state index contributed by atoms with van der Waals surface area (Å²) < 4.78 is 5.18. The van der Waals surface area contributed by atoms with Gasteiger partial charge in [-0.3, -0.25) is 9.59 Å². The zero-order chi connectivity index (χ0) is 14.3. The number of carbonyl (C=O) groups is 3. The number of rotatable bonds is 6. The zero-order valence-corrected chi connectivity index (χ0v) is 10.5. The molecule has 0 aromatic carbocycles. The lowest BCUT2D eigenvalue weighted by molar-refractivity contribution is -0.140. The minimum atomic E-state index is -1.25. The number of urea groups is 1. The van der Waals surface area contributed by atoms with E-state index in [0.717, 1.165) is 17.7 Å². The molecule has 0 aliphatic carbocycles. The standard InChI is InChI=1S/C11H18N2O6/c14-9(15)6-13(7-10(16)17)11(18)12-5-8-1-3-19-4-2-8/h8H,1-7H2,(H,12,18)(H,14,15)(H,16,17). The van der Waals surface area contributed by atoms with Crippen molar-refractivity contribution in [3.63, 3.8) is 0 Å². The Kier molecular flexibility index (Phi) is 6.07. The highest BCUT2D eigenvalue weighted by molar-refractivity contribution is 5.84. The maximum atomic E-state index is 11.7. The topological polar surface area (TPSA) is 116 Å². The van der Waals surface area contributed by atoms with E-state index in [1.54, 1.807) is 0 Å². The molecule has 1 heterocycles. The molecule has 2 amide bonds. The van der Waals surface area contributed by atoms with Crippen LogP contribution in [0.15, 0.2) is 0 Å². The van der Waals surface area contributed by atoms with Crippen molar-refractivity contribution in [3.05, 3.63) is 0 Å². The van der Waals surface area contributed by atoms with Crippen molar-refractivity contribution in [1.82, 2.24) is 10.2 Å². The molecule has 1 aliphatic heterocycles. The summed E-state index contributed by atoms with van der Waals surface area (Å²) >= 11 is 0. The Bertz CT molecular complexity index is 324. The highest BCUT2D eigenvalue weighted by atomic mass is 16.5. The molecule has 1 fully saturated rings. The third-order valence-electron chi connectivity index (χ3n) is 2.82. The molecule has 1 saturated heterocycles. The molecule has 19 heavy (non-hydrogen) atoms. The molecule has 0 saturated carbocycles. The van der Waals surface area contributed by atoms with Gasteiger partial charge in [0.2, 0.25) is 0 Å². The van der Waals surface area contributed by atoms with Gasteiger partial charge in [0.05, 0.1) is 0 Å². The molecule has 1 rings (SSSR count). The number of nitrogens with one attached hydrogen (secondary N) is 1. The molecule has 1 aliphatic rings. The van der Waals surface area contributed by atoms with Crippen LogP contribution in [0.3, 0.4) is 0 Å². The van der Waals surface area contributed by atoms with Crippen LogP contribution in [-0.4, -0.2) is 65.9 Å². The lowest BCUT2D eigenvalue weighted by atomic mass is 10.0. The first kappa shape index (κ1) is 15.2. The first-order valence-corrected chi connectivity index (χ1v) is 6.03. The molecule has 0 radical (unpaired) electrons. The summed E-state index contributed by atoms with van der Waals surface area (Å²) in [5.41, 5.74) is 0. The van der Waals surface area contributed by atoms with Gasteiger partial charge in [-0.05, 0) is 18.8 Å². The second-order valence-corrected chi connectivity index (χ2v) is 4.39. The Morgan fingerprint density at radius 1 is 1.11 bits per heavy atom. The SMILES string of the molecule is O=C(O)CN(CC(=O)O)C(=O)NCC1CCOCC1. The van der Waals surface area contributed by atoms with Gasteiger partial charge < -0.3 is 25.2 Å². The Hall–Kier alpha value is -1.83. The Balaban J connectivity index is 2.41. The molecule has 0 unspecified atom stereocenters. The van der Waals surface area contributed by atoms with Gasteiger partial charge in [0.15, 0.2) is 0 Å². The number of ether oxygens (including phenoxy) is 1. The first-order chi connectivity index (χ1) is 8.99. The van der Waals surface area contributed by atoms with E-state index < -0.39 is 31.1 Å². The number of hydrogen-bond donors (Lipinski definition) is 3. The lowest BCUT2D eigenvalue weighted by Crippen LogP contribution is -2.46. The minimum Gasteiger partial charge on any atom is -0.480 e. The van der Waals surface area contributed by atoms with Crippen LogP contribution in [0.1, 0.15) is 12.8 Å². The van der Waals surface area contributed by atoms with E-state index in [2.05, 4.69) is 5.32 Å². The molecule has 0 spiro atoms. The van der Waals surface area contributed by atoms with Crippen LogP contribution < -0.4 is 5.32 Å². The molecule has 8 nitrogen and oxygen atoms in total. The normalized spacial score (nSPS) is 15.8. The van der Waals surface area contributed by atoms with Crippen LogP contribution >= 0.6 is 0 Å². The van der Waals surface area contributed by atoms with Crippen LogP contribution in [0, 0.1) is 5.92 Å². The van der Waals surface area contributed by atoms with Gasteiger partial charge in [0, 0.05) is 19.8 Å². The number of carbonyl (C=O) groups excluding carboxylic acids is 1. The average molecular weight is 274 g/mol. The van der Waals surface area contributed by atoms with Crippen LogP contribution in [-0.2, 0) is 14.3 Å². The van der Waals surface area contributed by atoms with E-state index in [0.29, 0.717) is 19.8 Å². The van der Waals surface area contributed by atoms with Crippen LogP contribution in [0.25, 0.3) is 0 Å². The number of aliphatic carboxylic acids is 2. The molecular formula is C11H18N2O6. The number of nitrogens with zero attached hydrogens (tertiary/aromatic N) is 1. The third-order valence-corrected chi connectivity index (χ3v) is 2.82. The van der Waals surface area contributed by atoms with Crippen molar-refractivity contribution >= 4 is 18.0 Å². The van der Waals surface area contributed by atoms with E-state index in [1.165, 1.54) is 0 Å². The maximum Gasteiger partial charge on any atom is 0.323 e. The van der Waals surface area contributed by atoms with Gasteiger partial charge in [0.25, 0.3) is 0 Å². The summed E-state index contributed by atoms with van der Waals surface area (Å²) in [5, 5.41) is 19.8. The molecule has 8 heteroatoms. The van der Waals surface area contributed by atoms with Crippen molar-refractivity contribution in [2.75, 3.05) is 32.8 Å². The van der Waals surface area contributed by atoms with E-state index in [9.17, 15) is 14.4 Å². The van der Waals surface area contributed by atoms with Gasteiger partial charge >= 0.3 is 18.0 Å². The van der Waals surface area contributed by atoms with E-state index in [-0.39, 0.29) is 5.92 Å². The van der Waals surface area contributed by atoms with Gasteiger partial charge in [0.1, 0.15) is 13.1 Å². The summed E-state index contributed by atoms with van der Waals surface area (Å²) in [4.78, 5) is 33.6. The van der Waals surface area contributed by atoms with Gasteiger partial charge in [-0.1, -0.05) is 0 Å². The fourth-order valence-electron chi connectivity index (χ4n) is 1.82. The Labute approximate surface area is 110 Å². The summed E-state index contributed by atoms with van der Waals surface area (Å²) in [5.74, 6) is -2.21. The van der Waals surface area contributed by atoms with E-state index in [4.69, 9.17) is 14.9 Å². The second-order valence-electron chi connectivity index (χ2n) is 4.39. The van der Waals surface area contributed by atoms with Gasteiger partial charge in [-0.15, -0.1) is 0 Å². The fourth-order valence-corrected chi connectivity index (χ4v) is 1.82. The van der Waals surface area contributed by atoms with Crippen molar-refractivity contribution in [1.29, 1.82) is 0 Å². The number of carboxylic acids is 2. The highest BCUT2D eigenvalue weighted by Crippen LogP contribution is 2.13. The van der Waals surface area contributed by atoms with Crippen molar-refractivity contribution in [3.8, 4) is 0 Å². The van der Waals surface area contributed by atoms with Gasteiger partial charge in [-0.25, -0.2) is 4.79 Å². The number of amides is 2. The predicted octanol–water partition coefficient (Wildman–Crippen LogP) is -0.406. The van der Waals surface area contributed by atoms with Crippen molar-refractivity contribution < 1.29 is 29.3 Å². The largest absolute Gasteiger partial charge is 0.480 e. The fraction of sp³-hybridized carbons (Fsp3) is 0.727. The second kappa shape index (κ2) is 7.57. The summed E-state index contributed by atoms with van der Waals surface area (Å²) in [7, 11) is 0. The third kappa shape index (κ3) is 6.05. The van der Waals surface area contributed by atoms with Crippen molar-refractivity contribution in [2.24, 2.45) is 5.92 Å². The predicted molar refractivity (Wildman–Crippen MR) is 63.8 cm³/mol. The molecule has 0 aromatic rings. The quantitative estimate of drug-likeness (QED) is 0.606. The molecule has 0 atom stereocenters. The van der Waals surface area contributed by atoms with Crippen molar-refractivity contribution in [2.45, 2.75) is 12.8 Å². The molecular weight excluding hydrogens is 256 g/mol. The molecule has 0 bridgehead atoms. The lowest BCUT2D eigenvalue weighted by Gasteiger charge is -2.24. The van der Waals surface area contributed by atoms with Crippen LogP contribution in [0.2, 0.25) is 0 Å². The number of hydrogen-bond acceptors (Lipinski definition) is 4. The highest BCUT2D eigenvalue weighted by Gasteiger charge is 2.21. The maximum absolute atomic E-state index is 11.7. The van der Waals surface area contributed by atoms with E-state index in [1.807, 2.05) is 0 Å². The molecule has 108 valence electrons. The summed E-state index contributed by atoms with van der Waals surface area (Å²) in [6, 6.07) is -0.670. The van der Waals surface area contributed by atoms with E-state index >= 15 is 0 Å². The van der Waals surface area contributed by atoms with Gasteiger partial charge in [-0.2, -0.15) is 0 Å². The Morgan fingerprint density at radius 2 is 1.63 bits per heavy atom. The molecule has 3 N–H and O–H groups in total. The smallest absolute Gasteiger partial charge is 0.323 e. The summed E-state index contributed by atoms with van der Waals surface area (Å²) in [6.07, 6.45) is 1.66. The minimum absolute atomic E-state index is 0.286. The zero-order valence-electron chi connectivity index (χ0n) is 10.5. The Morgan fingerprint density at radius 3 is 2.11 bits per heavy atom. The number of carboxylic acid groups (broad SMARTS) is 2. The van der Waals surface area contributed by atoms with Crippen LogP contribution in [0.4, 0.5) is 4.79 Å². The average Bonchev–Trinajstić information content (AvgIpc) is 2.35.